The summed E-state index contributed by atoms with van der Waals surface area (Å²) in [6.45, 7) is 1.85. The lowest BCUT2D eigenvalue weighted by Gasteiger charge is -2.32. The Morgan fingerprint density at radius 2 is 2.14 bits per heavy atom. The lowest BCUT2D eigenvalue weighted by molar-refractivity contribution is -0.132. The second-order valence-corrected chi connectivity index (χ2v) is 3.54. The molecule has 1 saturated heterocycles. The summed E-state index contributed by atoms with van der Waals surface area (Å²) in [5, 5.41) is 30.5. The Labute approximate surface area is 83.7 Å². The Morgan fingerprint density at radius 1 is 1.36 bits per heavy atom. The lowest BCUT2D eigenvalue weighted by atomic mass is 10.0. The SMILES string of the molecule is OCCCNCC1OCCC(O)[C@@H]1O. The minimum absolute atomic E-state index is 0.156. The van der Waals surface area contributed by atoms with E-state index in [9.17, 15) is 10.2 Å². The Kier molecular flexibility index (Phi) is 5.36. The summed E-state index contributed by atoms with van der Waals surface area (Å²) in [6.07, 6.45) is -0.629. The van der Waals surface area contributed by atoms with Crippen molar-refractivity contribution in [2.75, 3.05) is 26.3 Å². The summed E-state index contributed by atoms with van der Waals surface area (Å²) in [5.74, 6) is 0. The molecule has 0 aromatic heterocycles. The molecular weight excluding hydrogens is 186 g/mol. The molecule has 0 saturated carbocycles. The van der Waals surface area contributed by atoms with Crippen molar-refractivity contribution in [3.05, 3.63) is 0 Å². The van der Waals surface area contributed by atoms with Crippen LogP contribution in [0.1, 0.15) is 12.8 Å². The van der Waals surface area contributed by atoms with Gasteiger partial charge in [-0.25, -0.2) is 0 Å². The molecule has 5 heteroatoms. The van der Waals surface area contributed by atoms with E-state index in [4.69, 9.17) is 9.84 Å². The van der Waals surface area contributed by atoms with Gasteiger partial charge in [-0.2, -0.15) is 0 Å². The van der Waals surface area contributed by atoms with Crippen LogP contribution in [0.5, 0.6) is 0 Å². The van der Waals surface area contributed by atoms with Crippen molar-refractivity contribution in [1.29, 1.82) is 0 Å². The zero-order chi connectivity index (χ0) is 10.4. The van der Waals surface area contributed by atoms with Crippen molar-refractivity contribution in [2.24, 2.45) is 0 Å². The van der Waals surface area contributed by atoms with E-state index in [1.165, 1.54) is 0 Å². The molecule has 1 heterocycles. The van der Waals surface area contributed by atoms with Crippen LogP contribution in [0.2, 0.25) is 0 Å². The van der Waals surface area contributed by atoms with Gasteiger partial charge < -0.3 is 25.4 Å². The summed E-state index contributed by atoms with van der Waals surface area (Å²) in [5.41, 5.74) is 0. The first-order chi connectivity index (χ1) is 6.75. The van der Waals surface area contributed by atoms with Crippen molar-refractivity contribution in [2.45, 2.75) is 31.2 Å². The predicted octanol–water partition coefficient (Wildman–Crippen LogP) is -1.53. The summed E-state index contributed by atoms with van der Waals surface area (Å²) in [4.78, 5) is 0. The molecule has 1 aliphatic heterocycles. The zero-order valence-electron chi connectivity index (χ0n) is 8.22. The maximum atomic E-state index is 9.53. The Hall–Kier alpha value is -0.200. The van der Waals surface area contributed by atoms with Crippen LogP contribution < -0.4 is 5.32 Å². The van der Waals surface area contributed by atoms with E-state index in [1.807, 2.05) is 0 Å². The fraction of sp³-hybridized carbons (Fsp3) is 1.00. The molecule has 1 fully saturated rings. The third kappa shape index (κ3) is 3.51. The largest absolute Gasteiger partial charge is 0.396 e. The van der Waals surface area contributed by atoms with Gasteiger partial charge in [-0.3, -0.25) is 0 Å². The van der Waals surface area contributed by atoms with Crippen LogP contribution in [0.25, 0.3) is 0 Å². The standard InChI is InChI=1S/C9H19NO4/c11-4-1-3-10-6-8-9(13)7(12)2-5-14-8/h7-13H,1-6H2/t7?,8?,9-/m0/s1. The minimum Gasteiger partial charge on any atom is -0.396 e. The molecule has 0 spiro atoms. The highest BCUT2D eigenvalue weighted by Crippen LogP contribution is 2.13. The van der Waals surface area contributed by atoms with Gasteiger partial charge >= 0.3 is 0 Å². The van der Waals surface area contributed by atoms with E-state index in [0.29, 0.717) is 32.5 Å². The van der Waals surface area contributed by atoms with Crippen LogP contribution in [-0.4, -0.2) is 59.9 Å². The highest BCUT2D eigenvalue weighted by Gasteiger charge is 2.30. The summed E-state index contributed by atoms with van der Waals surface area (Å²) in [7, 11) is 0. The van der Waals surface area contributed by atoms with Crippen LogP contribution in [0, 0.1) is 0 Å². The first-order valence-corrected chi connectivity index (χ1v) is 5.05. The topological polar surface area (TPSA) is 82.0 Å². The molecule has 1 rings (SSSR count). The number of aliphatic hydroxyl groups is 3. The summed E-state index contributed by atoms with van der Waals surface area (Å²) in [6, 6.07) is 0. The number of hydrogen-bond donors (Lipinski definition) is 4. The molecular formula is C9H19NO4. The fourth-order valence-corrected chi connectivity index (χ4v) is 1.49. The Bertz CT molecular complexity index is 156. The van der Waals surface area contributed by atoms with E-state index >= 15 is 0 Å². The van der Waals surface area contributed by atoms with Crippen LogP contribution in [0.15, 0.2) is 0 Å². The van der Waals surface area contributed by atoms with Gasteiger partial charge in [0.1, 0.15) is 6.10 Å². The van der Waals surface area contributed by atoms with Gasteiger partial charge in [0, 0.05) is 19.8 Å². The molecule has 0 aromatic carbocycles. The molecule has 0 radical (unpaired) electrons. The van der Waals surface area contributed by atoms with E-state index < -0.39 is 12.2 Å². The first kappa shape index (κ1) is 11.9. The van der Waals surface area contributed by atoms with Crippen LogP contribution in [0.4, 0.5) is 0 Å². The molecule has 0 aliphatic carbocycles. The molecule has 4 N–H and O–H groups in total. The second kappa shape index (κ2) is 6.31. The van der Waals surface area contributed by atoms with Gasteiger partial charge in [-0.15, -0.1) is 0 Å². The van der Waals surface area contributed by atoms with Crippen molar-refractivity contribution in [3.63, 3.8) is 0 Å². The van der Waals surface area contributed by atoms with Crippen molar-refractivity contribution >= 4 is 0 Å². The zero-order valence-corrected chi connectivity index (χ0v) is 8.22. The number of nitrogens with one attached hydrogen (secondary N) is 1. The Balaban J connectivity index is 2.15. The number of ether oxygens (including phenoxy) is 1. The molecule has 3 atom stereocenters. The van der Waals surface area contributed by atoms with E-state index in [2.05, 4.69) is 5.32 Å². The van der Waals surface area contributed by atoms with E-state index in [-0.39, 0.29) is 12.7 Å². The van der Waals surface area contributed by atoms with Crippen molar-refractivity contribution < 1.29 is 20.1 Å². The third-order valence-electron chi connectivity index (χ3n) is 2.38. The molecule has 5 nitrogen and oxygen atoms in total. The van der Waals surface area contributed by atoms with Crippen LogP contribution in [-0.2, 0) is 4.74 Å². The molecule has 1 aliphatic rings. The Morgan fingerprint density at radius 3 is 2.86 bits per heavy atom. The van der Waals surface area contributed by atoms with Gasteiger partial charge in [0.15, 0.2) is 0 Å². The molecule has 0 bridgehead atoms. The fourth-order valence-electron chi connectivity index (χ4n) is 1.49. The van der Waals surface area contributed by atoms with Crippen LogP contribution in [0.3, 0.4) is 0 Å². The van der Waals surface area contributed by atoms with Crippen molar-refractivity contribution in [3.8, 4) is 0 Å². The molecule has 0 amide bonds. The number of rotatable bonds is 5. The van der Waals surface area contributed by atoms with Crippen LogP contribution >= 0.6 is 0 Å². The van der Waals surface area contributed by atoms with Gasteiger partial charge in [0.25, 0.3) is 0 Å². The molecule has 14 heavy (non-hydrogen) atoms. The first-order valence-electron chi connectivity index (χ1n) is 5.05. The van der Waals surface area contributed by atoms with Gasteiger partial charge in [0.2, 0.25) is 0 Å². The minimum atomic E-state index is -0.801. The lowest BCUT2D eigenvalue weighted by Crippen LogP contribution is -2.49. The quantitative estimate of drug-likeness (QED) is 0.409. The average Bonchev–Trinajstić information content (AvgIpc) is 2.19. The van der Waals surface area contributed by atoms with Gasteiger partial charge in [-0.1, -0.05) is 0 Å². The third-order valence-corrected chi connectivity index (χ3v) is 2.38. The predicted molar refractivity (Wildman–Crippen MR) is 50.9 cm³/mol. The molecule has 0 aromatic rings. The normalized spacial score (nSPS) is 33.2. The summed E-state index contributed by atoms with van der Waals surface area (Å²) >= 11 is 0. The van der Waals surface area contributed by atoms with E-state index in [0.717, 1.165) is 0 Å². The maximum Gasteiger partial charge on any atom is 0.107 e. The average molecular weight is 205 g/mol. The van der Waals surface area contributed by atoms with Crippen molar-refractivity contribution in [1.82, 2.24) is 5.32 Å². The van der Waals surface area contributed by atoms with Gasteiger partial charge in [-0.05, 0) is 19.4 Å². The van der Waals surface area contributed by atoms with E-state index in [1.54, 1.807) is 0 Å². The molecule has 84 valence electrons. The number of aliphatic hydroxyl groups excluding tert-OH is 3. The highest BCUT2D eigenvalue weighted by atomic mass is 16.5. The smallest absolute Gasteiger partial charge is 0.107 e. The molecule has 2 unspecified atom stereocenters. The second-order valence-electron chi connectivity index (χ2n) is 3.54. The summed E-state index contributed by atoms with van der Waals surface area (Å²) < 4.78 is 5.31. The number of hydrogen-bond acceptors (Lipinski definition) is 5. The monoisotopic (exact) mass is 205 g/mol. The maximum absolute atomic E-state index is 9.53. The van der Waals surface area contributed by atoms with Gasteiger partial charge in [0.05, 0.1) is 12.2 Å². The highest BCUT2D eigenvalue weighted by molar-refractivity contribution is 4.82.